The molecule has 1 amide bonds. The van der Waals surface area contributed by atoms with Crippen LogP contribution in [0.5, 0.6) is 0 Å². The van der Waals surface area contributed by atoms with Crippen molar-refractivity contribution in [2.24, 2.45) is 0 Å². The Morgan fingerprint density at radius 1 is 0.939 bits per heavy atom. The summed E-state index contributed by atoms with van der Waals surface area (Å²) in [6, 6.07) is 17.5. The number of amides is 1. The first-order chi connectivity index (χ1) is 16.0. The Morgan fingerprint density at radius 2 is 1.64 bits per heavy atom. The van der Waals surface area contributed by atoms with E-state index >= 15 is 0 Å². The smallest absolute Gasteiger partial charge is 0.284 e. The van der Waals surface area contributed by atoms with Gasteiger partial charge in [0.05, 0.1) is 11.4 Å². The molecule has 0 radical (unpaired) electrons. The molecule has 1 fully saturated rings. The summed E-state index contributed by atoms with van der Waals surface area (Å²) < 4.78 is 2.96. The lowest BCUT2D eigenvalue weighted by atomic mass is 10.3. The van der Waals surface area contributed by atoms with Gasteiger partial charge < -0.3 is 9.80 Å². The Labute approximate surface area is 205 Å². The van der Waals surface area contributed by atoms with Crippen molar-refractivity contribution in [3.63, 3.8) is 0 Å². The molecule has 0 atom stereocenters. The molecule has 2 aliphatic heterocycles. The SMILES string of the molecule is CCN1C(=c2sc(=C3C(=O)N(c4ccccc4)C(=S)N3C)n(CC)c2=O)Sc2ccccc21. The van der Waals surface area contributed by atoms with Crippen molar-refractivity contribution in [1.82, 2.24) is 9.47 Å². The lowest BCUT2D eigenvalue weighted by Crippen LogP contribution is -2.35. The van der Waals surface area contributed by atoms with Crippen molar-refractivity contribution >= 4 is 68.4 Å². The van der Waals surface area contributed by atoms with Gasteiger partial charge in [0.2, 0.25) is 0 Å². The van der Waals surface area contributed by atoms with Crippen molar-refractivity contribution in [3.8, 4) is 0 Å². The van der Waals surface area contributed by atoms with Crippen LogP contribution in [0.3, 0.4) is 0 Å². The first-order valence-corrected chi connectivity index (χ1v) is 12.7. The van der Waals surface area contributed by atoms with Gasteiger partial charge in [0, 0.05) is 25.0 Å². The Hall–Kier alpha value is -2.88. The van der Waals surface area contributed by atoms with E-state index in [1.807, 2.05) is 49.4 Å². The summed E-state index contributed by atoms with van der Waals surface area (Å²) in [5, 5.41) is 1.31. The van der Waals surface area contributed by atoms with Gasteiger partial charge in [0.1, 0.15) is 19.9 Å². The number of nitrogens with zero attached hydrogens (tertiary/aromatic N) is 4. The van der Waals surface area contributed by atoms with E-state index in [1.165, 1.54) is 16.2 Å². The molecule has 168 valence electrons. The molecule has 1 saturated heterocycles. The fourth-order valence-corrected chi connectivity index (χ4v) is 7.06. The maximum absolute atomic E-state index is 13.6. The maximum Gasteiger partial charge on any atom is 0.284 e. The number of hydrogen-bond donors (Lipinski definition) is 0. The van der Waals surface area contributed by atoms with Gasteiger partial charge in [-0.1, -0.05) is 42.1 Å². The van der Waals surface area contributed by atoms with E-state index in [4.69, 9.17) is 12.2 Å². The van der Waals surface area contributed by atoms with Crippen molar-refractivity contribution in [1.29, 1.82) is 0 Å². The van der Waals surface area contributed by atoms with Gasteiger partial charge in [-0.3, -0.25) is 19.1 Å². The minimum Gasteiger partial charge on any atom is -0.334 e. The van der Waals surface area contributed by atoms with Crippen LogP contribution in [0.4, 0.5) is 11.4 Å². The molecule has 1 aromatic heterocycles. The summed E-state index contributed by atoms with van der Waals surface area (Å²) in [4.78, 5) is 33.7. The number of carbonyl (C=O) groups is 1. The van der Waals surface area contributed by atoms with Gasteiger partial charge >= 0.3 is 0 Å². The molecule has 3 heterocycles. The first kappa shape index (κ1) is 21.9. The third kappa shape index (κ3) is 3.34. The molecule has 2 aromatic carbocycles. The van der Waals surface area contributed by atoms with Crippen LogP contribution in [-0.4, -0.2) is 34.1 Å². The molecule has 2 aliphatic rings. The van der Waals surface area contributed by atoms with Crippen LogP contribution < -0.4 is 24.6 Å². The van der Waals surface area contributed by atoms with Crippen LogP contribution in [0.2, 0.25) is 0 Å². The van der Waals surface area contributed by atoms with Crippen molar-refractivity contribution in [2.45, 2.75) is 25.3 Å². The summed E-state index contributed by atoms with van der Waals surface area (Å²) in [5.41, 5.74) is 2.17. The van der Waals surface area contributed by atoms with E-state index in [0.717, 1.165) is 22.2 Å². The first-order valence-electron chi connectivity index (χ1n) is 10.7. The summed E-state index contributed by atoms with van der Waals surface area (Å²) in [5.74, 6) is -0.219. The number of thiocarbonyl (C=S) groups is 1. The average Bonchev–Trinajstić information content (AvgIpc) is 3.43. The quantitative estimate of drug-likeness (QED) is 0.522. The molecule has 9 heteroatoms. The molecule has 3 aromatic rings. The van der Waals surface area contributed by atoms with Crippen molar-refractivity contribution in [3.05, 3.63) is 74.1 Å². The number of hydrogen-bond acceptors (Lipinski definition) is 6. The molecular formula is C24H22N4O2S3. The molecule has 0 spiro atoms. The van der Waals surface area contributed by atoms with Crippen LogP contribution in [0.25, 0.3) is 10.7 Å². The highest BCUT2D eigenvalue weighted by atomic mass is 32.2. The average molecular weight is 495 g/mol. The summed E-state index contributed by atoms with van der Waals surface area (Å²) >= 11 is 8.59. The van der Waals surface area contributed by atoms with Crippen molar-refractivity contribution in [2.75, 3.05) is 23.4 Å². The second-order valence-electron chi connectivity index (χ2n) is 7.57. The summed E-state index contributed by atoms with van der Waals surface area (Å²) in [7, 11) is 1.79. The van der Waals surface area contributed by atoms with Gasteiger partial charge in [-0.05, 0) is 50.3 Å². The second kappa shape index (κ2) is 8.48. The molecule has 5 rings (SSSR count). The Balaban J connectivity index is 1.76. The molecule has 0 aliphatic carbocycles. The van der Waals surface area contributed by atoms with Crippen LogP contribution >= 0.6 is 35.3 Å². The molecule has 0 saturated carbocycles. The van der Waals surface area contributed by atoms with E-state index in [2.05, 4.69) is 24.0 Å². The number of rotatable bonds is 3. The topological polar surface area (TPSA) is 48.8 Å². The number of likely N-dealkylation sites (N-methyl/N-ethyl adjacent to an activating group) is 1. The lowest BCUT2D eigenvalue weighted by Gasteiger charge is -2.16. The molecule has 6 nitrogen and oxygen atoms in total. The monoisotopic (exact) mass is 494 g/mol. The van der Waals surface area contributed by atoms with Gasteiger partial charge in [-0.2, -0.15) is 0 Å². The zero-order valence-corrected chi connectivity index (χ0v) is 20.9. The molecular weight excluding hydrogens is 472 g/mol. The number of thiazole rings is 1. The standard InChI is InChI=1S/C24H22N4O2S3/c1-4-26-16-13-9-10-14-17(16)32-23(26)19-21(30)27(5-2)22(33-19)18-20(29)28(24(31)25(18)3)15-11-7-6-8-12-15/h6-14H,4-5H2,1-3H3. The zero-order chi connectivity index (χ0) is 23.3. The largest absolute Gasteiger partial charge is 0.334 e. The maximum atomic E-state index is 13.6. The summed E-state index contributed by atoms with van der Waals surface area (Å²) in [6.07, 6.45) is 0. The summed E-state index contributed by atoms with van der Waals surface area (Å²) in [6.45, 7) is 5.21. The number of benzene rings is 2. The molecule has 33 heavy (non-hydrogen) atoms. The van der Waals surface area contributed by atoms with Crippen LogP contribution in [0, 0.1) is 0 Å². The number of para-hydroxylation sites is 2. The number of anilines is 2. The number of aromatic nitrogens is 1. The fraction of sp³-hybridized carbons (Fsp3) is 0.208. The fourth-order valence-electron chi connectivity index (χ4n) is 4.15. The van der Waals surface area contributed by atoms with Gasteiger partial charge in [0.25, 0.3) is 11.5 Å². The van der Waals surface area contributed by atoms with Crippen LogP contribution in [0.1, 0.15) is 13.8 Å². The highest BCUT2D eigenvalue weighted by Crippen LogP contribution is 2.45. The van der Waals surface area contributed by atoms with E-state index in [9.17, 15) is 9.59 Å². The highest BCUT2D eigenvalue weighted by molar-refractivity contribution is 8.08. The predicted octanol–water partition coefficient (Wildman–Crippen LogP) is 3.00. The molecule has 0 N–H and O–H groups in total. The lowest BCUT2D eigenvalue weighted by molar-refractivity contribution is -0.112. The highest BCUT2D eigenvalue weighted by Gasteiger charge is 2.39. The Kier molecular flexibility index (Phi) is 5.64. The third-order valence-corrected chi connectivity index (χ3v) is 8.70. The predicted molar refractivity (Wildman–Crippen MR) is 140 cm³/mol. The van der Waals surface area contributed by atoms with E-state index in [-0.39, 0.29) is 11.5 Å². The third-order valence-electron chi connectivity index (χ3n) is 5.75. The van der Waals surface area contributed by atoms with Crippen LogP contribution in [-0.2, 0) is 11.3 Å². The number of thioether (sulfide) groups is 1. The zero-order valence-electron chi connectivity index (χ0n) is 18.4. The molecule has 0 bridgehead atoms. The minimum atomic E-state index is -0.219. The van der Waals surface area contributed by atoms with Crippen LogP contribution in [0.15, 0.2) is 64.3 Å². The van der Waals surface area contributed by atoms with E-state index in [1.54, 1.807) is 28.3 Å². The minimum absolute atomic E-state index is 0.0796. The number of fused-ring (bicyclic) bond motifs is 1. The van der Waals surface area contributed by atoms with Crippen molar-refractivity contribution < 1.29 is 4.79 Å². The van der Waals surface area contributed by atoms with Gasteiger partial charge in [-0.15, -0.1) is 11.3 Å². The molecule has 0 unspecified atom stereocenters. The normalized spacial score (nSPS) is 19.1. The van der Waals surface area contributed by atoms with E-state index in [0.29, 0.717) is 32.2 Å². The van der Waals surface area contributed by atoms with E-state index < -0.39 is 0 Å². The Bertz CT molecular complexity index is 1460. The Morgan fingerprint density at radius 3 is 2.33 bits per heavy atom. The number of carbonyl (C=O) groups excluding carboxylic acids is 1. The second-order valence-corrected chi connectivity index (χ2v) is 9.97. The van der Waals surface area contributed by atoms with Gasteiger partial charge in [0.15, 0.2) is 5.11 Å². The van der Waals surface area contributed by atoms with Gasteiger partial charge in [-0.25, -0.2) is 0 Å².